The average Bonchev–Trinajstić information content (AvgIpc) is 2.53. The summed E-state index contributed by atoms with van der Waals surface area (Å²) in [4.78, 5) is 10.9. The van der Waals surface area contributed by atoms with Crippen LogP contribution in [-0.4, -0.2) is 11.7 Å². The van der Waals surface area contributed by atoms with Gasteiger partial charge in [-0.05, 0) is 56.4 Å². The zero-order valence-electron chi connectivity index (χ0n) is 14.3. The maximum atomic E-state index is 10.9. The van der Waals surface area contributed by atoms with Crippen LogP contribution >= 0.6 is 0 Å². The molecule has 0 bridgehead atoms. The quantitative estimate of drug-likeness (QED) is 0.778. The predicted molar refractivity (Wildman–Crippen MR) is 94.9 cm³/mol. The maximum absolute atomic E-state index is 10.9. The smallest absolute Gasteiger partial charge is 0.405 e. The Morgan fingerprint density at radius 2 is 1.75 bits per heavy atom. The molecule has 2 N–H and O–H groups in total. The number of aryl methyl sites for hydroxylation is 1. The van der Waals surface area contributed by atoms with Crippen LogP contribution in [0.2, 0.25) is 0 Å². The van der Waals surface area contributed by atoms with Crippen LogP contribution in [0.25, 0.3) is 0 Å². The molecule has 0 spiro atoms. The molecule has 0 heterocycles. The first-order chi connectivity index (χ1) is 11.4. The van der Waals surface area contributed by atoms with Crippen molar-refractivity contribution >= 4 is 6.09 Å². The number of primary amides is 1. The topological polar surface area (TPSA) is 61.6 Å². The first-order valence-electron chi connectivity index (χ1n) is 8.19. The van der Waals surface area contributed by atoms with Gasteiger partial charge in [0.2, 0.25) is 0 Å². The van der Waals surface area contributed by atoms with Gasteiger partial charge in [0.05, 0.1) is 0 Å². The molecular weight excluding hydrogens is 302 g/mol. The molecule has 0 saturated heterocycles. The number of rotatable bonds is 8. The molecule has 0 unspecified atom stereocenters. The highest BCUT2D eigenvalue weighted by atomic mass is 16.6. The van der Waals surface area contributed by atoms with Gasteiger partial charge in [0.15, 0.2) is 0 Å². The first-order valence-corrected chi connectivity index (χ1v) is 8.19. The Morgan fingerprint density at radius 3 is 2.46 bits per heavy atom. The number of ether oxygens (including phenoxy) is 2. The summed E-state index contributed by atoms with van der Waals surface area (Å²) in [5.41, 5.74) is 6.90. The maximum Gasteiger partial charge on any atom is 0.405 e. The van der Waals surface area contributed by atoms with Gasteiger partial charge < -0.3 is 15.2 Å². The van der Waals surface area contributed by atoms with E-state index in [-0.39, 0.29) is 0 Å². The number of carbonyl (C=O) groups excluding carboxylic acids is 1. The van der Waals surface area contributed by atoms with Crippen molar-refractivity contribution in [3.05, 3.63) is 65.7 Å². The molecule has 4 heteroatoms. The number of carbonyl (C=O) groups is 1. The van der Waals surface area contributed by atoms with E-state index in [4.69, 9.17) is 15.2 Å². The van der Waals surface area contributed by atoms with Crippen molar-refractivity contribution < 1.29 is 14.3 Å². The summed E-state index contributed by atoms with van der Waals surface area (Å²) in [5, 5.41) is 0. The Morgan fingerprint density at radius 1 is 1.04 bits per heavy atom. The Labute approximate surface area is 143 Å². The van der Waals surface area contributed by atoms with Gasteiger partial charge in [-0.3, -0.25) is 0 Å². The molecule has 0 radical (unpaired) electrons. The van der Waals surface area contributed by atoms with Crippen LogP contribution in [0.4, 0.5) is 4.79 Å². The highest BCUT2D eigenvalue weighted by Gasteiger charge is 2.20. The van der Waals surface area contributed by atoms with Gasteiger partial charge in [0.25, 0.3) is 0 Å². The van der Waals surface area contributed by atoms with Crippen molar-refractivity contribution in [1.82, 2.24) is 0 Å². The van der Waals surface area contributed by atoms with Crippen molar-refractivity contribution in [2.45, 2.75) is 45.3 Å². The number of hydrogen-bond donors (Lipinski definition) is 1. The fraction of sp³-hybridized carbons (Fsp3) is 0.350. The van der Waals surface area contributed by atoms with E-state index in [9.17, 15) is 4.79 Å². The second-order valence-electron chi connectivity index (χ2n) is 6.46. The summed E-state index contributed by atoms with van der Waals surface area (Å²) in [5.74, 6) is 0.865. The zero-order valence-corrected chi connectivity index (χ0v) is 14.3. The van der Waals surface area contributed by atoms with Gasteiger partial charge in [0, 0.05) is 0 Å². The number of nitrogens with two attached hydrogens (primary N) is 1. The van der Waals surface area contributed by atoms with E-state index in [1.807, 2.05) is 56.3 Å². The largest absolute Gasteiger partial charge is 0.489 e. The van der Waals surface area contributed by atoms with Gasteiger partial charge in [-0.1, -0.05) is 42.5 Å². The van der Waals surface area contributed by atoms with Crippen LogP contribution in [-0.2, 0) is 17.8 Å². The third kappa shape index (κ3) is 6.32. The highest BCUT2D eigenvalue weighted by molar-refractivity contribution is 5.65. The lowest BCUT2D eigenvalue weighted by molar-refractivity contribution is 0.0378. The molecule has 2 rings (SSSR count). The minimum Gasteiger partial charge on any atom is -0.489 e. The molecule has 2 aromatic carbocycles. The number of benzene rings is 2. The Bertz CT molecular complexity index is 653. The second-order valence-corrected chi connectivity index (χ2v) is 6.46. The third-order valence-electron chi connectivity index (χ3n) is 3.77. The lowest BCUT2D eigenvalue weighted by atomic mass is 9.98. The molecule has 0 aliphatic heterocycles. The first kappa shape index (κ1) is 17.9. The number of hydrogen-bond acceptors (Lipinski definition) is 3. The summed E-state index contributed by atoms with van der Waals surface area (Å²) >= 11 is 0. The molecule has 128 valence electrons. The SMILES string of the molecule is CC(C)(CCCc1cccc(OCc2ccccc2)c1)OC(N)=O. The van der Waals surface area contributed by atoms with Crippen LogP contribution in [0.1, 0.15) is 37.8 Å². The Kier molecular flexibility index (Phi) is 6.24. The van der Waals surface area contributed by atoms with E-state index in [2.05, 4.69) is 12.1 Å². The minimum atomic E-state index is -0.726. The molecule has 24 heavy (non-hydrogen) atoms. The summed E-state index contributed by atoms with van der Waals surface area (Å²) in [6.07, 6.45) is 1.83. The van der Waals surface area contributed by atoms with Crippen molar-refractivity contribution in [2.75, 3.05) is 0 Å². The molecule has 0 aromatic heterocycles. The Balaban J connectivity index is 1.83. The molecule has 0 fully saturated rings. The fourth-order valence-electron chi connectivity index (χ4n) is 2.57. The van der Waals surface area contributed by atoms with Gasteiger partial charge in [-0.2, -0.15) is 0 Å². The summed E-state index contributed by atoms with van der Waals surface area (Å²) in [6.45, 7) is 4.30. The summed E-state index contributed by atoms with van der Waals surface area (Å²) < 4.78 is 10.9. The molecular formula is C20H25NO3. The van der Waals surface area contributed by atoms with E-state index in [0.717, 1.165) is 30.6 Å². The normalized spacial score (nSPS) is 11.1. The van der Waals surface area contributed by atoms with Gasteiger partial charge in [0.1, 0.15) is 18.0 Å². The van der Waals surface area contributed by atoms with E-state index < -0.39 is 11.7 Å². The zero-order chi connectivity index (χ0) is 17.4. The fourth-order valence-corrected chi connectivity index (χ4v) is 2.57. The van der Waals surface area contributed by atoms with E-state index >= 15 is 0 Å². The van der Waals surface area contributed by atoms with Gasteiger partial charge >= 0.3 is 6.09 Å². The van der Waals surface area contributed by atoms with Gasteiger partial charge in [-0.25, -0.2) is 4.79 Å². The van der Waals surface area contributed by atoms with Crippen LogP contribution in [0.15, 0.2) is 54.6 Å². The lowest BCUT2D eigenvalue weighted by Crippen LogP contribution is -2.31. The summed E-state index contributed by atoms with van der Waals surface area (Å²) in [6, 6.07) is 18.2. The van der Waals surface area contributed by atoms with Crippen LogP contribution in [0, 0.1) is 0 Å². The monoisotopic (exact) mass is 327 g/mol. The minimum absolute atomic E-state index is 0.534. The van der Waals surface area contributed by atoms with E-state index in [1.165, 1.54) is 5.56 Å². The predicted octanol–water partition coefficient (Wildman–Crippen LogP) is 4.46. The summed E-state index contributed by atoms with van der Waals surface area (Å²) in [7, 11) is 0. The van der Waals surface area contributed by atoms with Crippen molar-refractivity contribution in [2.24, 2.45) is 5.73 Å². The van der Waals surface area contributed by atoms with Crippen LogP contribution in [0.5, 0.6) is 5.75 Å². The molecule has 1 amide bonds. The second kappa shape index (κ2) is 8.39. The lowest BCUT2D eigenvalue weighted by Gasteiger charge is -2.23. The molecule has 0 saturated carbocycles. The van der Waals surface area contributed by atoms with Gasteiger partial charge in [-0.15, -0.1) is 0 Å². The Hall–Kier alpha value is -2.49. The molecule has 4 nitrogen and oxygen atoms in total. The molecule has 0 aliphatic carbocycles. The number of amides is 1. The molecule has 0 atom stereocenters. The van der Waals surface area contributed by atoms with Crippen molar-refractivity contribution in [3.63, 3.8) is 0 Å². The van der Waals surface area contributed by atoms with E-state index in [1.54, 1.807) is 0 Å². The van der Waals surface area contributed by atoms with Crippen LogP contribution < -0.4 is 10.5 Å². The standard InChI is InChI=1S/C20H25NO3/c1-20(2,24-19(21)22)13-7-11-16-10-6-12-18(14-16)23-15-17-8-4-3-5-9-17/h3-6,8-10,12,14H,7,11,13,15H2,1-2H3,(H2,21,22). The molecule has 0 aliphatic rings. The van der Waals surface area contributed by atoms with Crippen molar-refractivity contribution in [1.29, 1.82) is 0 Å². The highest BCUT2D eigenvalue weighted by Crippen LogP contribution is 2.21. The average molecular weight is 327 g/mol. The van der Waals surface area contributed by atoms with E-state index in [0.29, 0.717) is 6.61 Å². The van der Waals surface area contributed by atoms with Crippen molar-refractivity contribution in [3.8, 4) is 5.75 Å². The third-order valence-corrected chi connectivity index (χ3v) is 3.77. The molecule has 2 aromatic rings. The van der Waals surface area contributed by atoms with Crippen LogP contribution in [0.3, 0.4) is 0 Å².